The van der Waals surface area contributed by atoms with Gasteiger partial charge < -0.3 is 4.90 Å². The number of nitrogens with zero attached hydrogens (tertiary/aromatic N) is 2. The molecule has 0 radical (unpaired) electrons. The average Bonchev–Trinajstić information content (AvgIpc) is 2.87. The molecule has 1 fully saturated rings. The Hall–Kier alpha value is -2.57. The van der Waals surface area contributed by atoms with E-state index in [9.17, 15) is 0 Å². The lowest BCUT2D eigenvalue weighted by Crippen LogP contribution is -2.34. The molecule has 2 aromatic carbocycles. The van der Waals surface area contributed by atoms with Crippen LogP contribution < -0.4 is 9.47 Å². The molecule has 0 atom stereocenters. The summed E-state index contributed by atoms with van der Waals surface area (Å²) in [5.41, 5.74) is 3.77. The smallest absolute Gasteiger partial charge is 0.263 e. The van der Waals surface area contributed by atoms with Gasteiger partial charge in [-0.15, -0.1) is 6.42 Å². The van der Waals surface area contributed by atoms with Crippen LogP contribution in [-0.4, -0.2) is 13.1 Å². The Balaban J connectivity index is 1.55. The van der Waals surface area contributed by atoms with Crippen molar-refractivity contribution in [2.75, 3.05) is 18.0 Å². The van der Waals surface area contributed by atoms with Crippen molar-refractivity contribution in [1.82, 2.24) is 0 Å². The van der Waals surface area contributed by atoms with E-state index in [1.165, 1.54) is 65.2 Å². The molecule has 0 aliphatic carbocycles. The first-order valence-electron chi connectivity index (χ1n) is 9.73. The lowest BCUT2D eigenvalue weighted by molar-refractivity contribution is -0.655. The zero-order valence-corrected chi connectivity index (χ0v) is 16.4. The van der Waals surface area contributed by atoms with E-state index in [1.54, 1.807) is 11.3 Å². The number of anilines is 1. The van der Waals surface area contributed by atoms with E-state index < -0.39 is 0 Å². The highest BCUT2D eigenvalue weighted by Gasteiger charge is 2.16. The van der Waals surface area contributed by atoms with E-state index in [1.807, 2.05) is 0 Å². The molecule has 0 N–H and O–H groups in total. The van der Waals surface area contributed by atoms with Crippen molar-refractivity contribution in [3.05, 3.63) is 59.1 Å². The van der Waals surface area contributed by atoms with E-state index in [0.29, 0.717) is 6.54 Å². The number of benzene rings is 2. The molecule has 3 heteroatoms. The molecule has 3 aromatic rings. The van der Waals surface area contributed by atoms with Gasteiger partial charge >= 0.3 is 0 Å². The van der Waals surface area contributed by atoms with Gasteiger partial charge in [-0.3, -0.25) is 0 Å². The van der Waals surface area contributed by atoms with Crippen molar-refractivity contribution >= 4 is 39.4 Å². The summed E-state index contributed by atoms with van der Waals surface area (Å²) >= 11 is 1.78. The second-order valence-corrected chi connectivity index (χ2v) is 8.09. The minimum atomic E-state index is 0.595. The fourth-order valence-electron chi connectivity index (χ4n) is 3.72. The fourth-order valence-corrected chi connectivity index (χ4v) is 4.79. The summed E-state index contributed by atoms with van der Waals surface area (Å²) < 4.78 is 3.48. The SMILES string of the molecule is C#CC[n+]1c(/C=C/c2ccc(N3CCCCCC3)cc2)sc2ccccc21. The number of rotatable bonds is 4. The monoisotopic (exact) mass is 373 g/mol. The Kier molecular flexibility index (Phi) is 5.55. The van der Waals surface area contributed by atoms with Crippen LogP contribution in [0.15, 0.2) is 48.5 Å². The van der Waals surface area contributed by atoms with Gasteiger partial charge in [-0.2, -0.15) is 4.57 Å². The first kappa shape index (κ1) is 17.8. The predicted octanol–water partition coefficient (Wildman–Crippen LogP) is 5.37. The van der Waals surface area contributed by atoms with Gasteiger partial charge in [0.15, 0.2) is 0 Å². The van der Waals surface area contributed by atoms with Gasteiger partial charge in [0.2, 0.25) is 12.1 Å². The third-order valence-corrected chi connectivity index (χ3v) is 6.30. The highest BCUT2D eigenvalue weighted by molar-refractivity contribution is 7.18. The summed E-state index contributed by atoms with van der Waals surface area (Å²) in [7, 11) is 0. The van der Waals surface area contributed by atoms with Gasteiger partial charge in [-0.05, 0) is 48.6 Å². The standard InChI is InChI=1S/C24H25N2S/c1-2-17-26-22-9-5-6-10-23(22)27-24(26)16-13-20-11-14-21(15-12-20)25-18-7-3-4-8-19-25/h1,5-6,9-16H,3-4,7-8,17-19H2/q+1. The fraction of sp³-hybridized carbons (Fsp3) is 0.292. The van der Waals surface area contributed by atoms with Gasteiger partial charge in [-0.25, -0.2) is 0 Å². The van der Waals surface area contributed by atoms with Crippen molar-refractivity contribution in [2.24, 2.45) is 0 Å². The van der Waals surface area contributed by atoms with Crippen molar-refractivity contribution in [1.29, 1.82) is 0 Å². The Morgan fingerprint density at radius 3 is 2.44 bits per heavy atom. The molecule has 0 saturated carbocycles. The molecule has 0 unspecified atom stereocenters. The Morgan fingerprint density at radius 2 is 1.70 bits per heavy atom. The summed E-state index contributed by atoms with van der Waals surface area (Å²) in [4.78, 5) is 2.52. The minimum absolute atomic E-state index is 0.595. The molecular weight excluding hydrogens is 348 g/mol. The van der Waals surface area contributed by atoms with E-state index in [4.69, 9.17) is 6.42 Å². The zero-order chi connectivity index (χ0) is 18.5. The van der Waals surface area contributed by atoms with Crippen LogP contribution in [0.25, 0.3) is 22.4 Å². The topological polar surface area (TPSA) is 7.12 Å². The summed E-state index contributed by atoms with van der Waals surface area (Å²) in [5, 5.41) is 1.19. The molecule has 136 valence electrons. The number of hydrogen-bond acceptors (Lipinski definition) is 2. The highest BCUT2D eigenvalue weighted by Crippen LogP contribution is 2.23. The van der Waals surface area contributed by atoms with E-state index in [0.717, 1.165) is 0 Å². The van der Waals surface area contributed by atoms with Gasteiger partial charge in [0.1, 0.15) is 4.70 Å². The van der Waals surface area contributed by atoms with Gasteiger partial charge in [0.05, 0.1) is 0 Å². The first-order valence-corrected chi connectivity index (χ1v) is 10.5. The first-order chi connectivity index (χ1) is 13.3. The maximum absolute atomic E-state index is 5.59. The van der Waals surface area contributed by atoms with Crippen LogP contribution in [0.2, 0.25) is 0 Å². The number of thiazole rings is 1. The molecule has 0 amide bonds. The molecule has 4 rings (SSSR count). The maximum atomic E-state index is 5.59. The predicted molar refractivity (Wildman–Crippen MR) is 117 cm³/mol. The number of fused-ring (bicyclic) bond motifs is 1. The van der Waals surface area contributed by atoms with Crippen molar-refractivity contribution in [2.45, 2.75) is 32.2 Å². The normalized spacial score (nSPS) is 15.1. The number of para-hydroxylation sites is 1. The molecule has 0 spiro atoms. The number of aromatic nitrogens is 1. The molecule has 1 aromatic heterocycles. The highest BCUT2D eigenvalue weighted by atomic mass is 32.1. The van der Waals surface area contributed by atoms with E-state index in [-0.39, 0.29) is 0 Å². The van der Waals surface area contributed by atoms with Crippen LogP contribution in [0.5, 0.6) is 0 Å². The average molecular weight is 374 g/mol. The third-order valence-electron chi connectivity index (χ3n) is 5.17. The zero-order valence-electron chi connectivity index (χ0n) is 15.6. The van der Waals surface area contributed by atoms with Gasteiger partial charge in [0.25, 0.3) is 5.01 Å². The number of hydrogen-bond donors (Lipinski definition) is 0. The largest absolute Gasteiger partial charge is 0.372 e. The molecule has 1 aliphatic heterocycles. The van der Waals surface area contributed by atoms with E-state index >= 15 is 0 Å². The van der Waals surface area contributed by atoms with Gasteiger partial charge in [-0.1, -0.05) is 48.4 Å². The van der Waals surface area contributed by atoms with Crippen LogP contribution >= 0.6 is 11.3 Å². The van der Waals surface area contributed by atoms with Crippen molar-refractivity contribution < 1.29 is 4.57 Å². The Bertz CT molecular complexity index is 968. The Labute approximate surface area is 165 Å². The van der Waals surface area contributed by atoms with Crippen LogP contribution in [0.1, 0.15) is 36.3 Å². The third kappa shape index (κ3) is 4.07. The molecule has 1 aliphatic rings. The van der Waals surface area contributed by atoms with Crippen molar-refractivity contribution in [3.8, 4) is 12.3 Å². The summed E-state index contributed by atoms with van der Waals surface area (Å²) in [6.45, 7) is 2.96. The second-order valence-electron chi connectivity index (χ2n) is 7.02. The lowest BCUT2D eigenvalue weighted by atomic mass is 10.1. The van der Waals surface area contributed by atoms with E-state index in [2.05, 4.69) is 76.1 Å². The lowest BCUT2D eigenvalue weighted by Gasteiger charge is -2.22. The maximum Gasteiger partial charge on any atom is 0.263 e. The van der Waals surface area contributed by atoms with Gasteiger partial charge in [0, 0.05) is 30.9 Å². The van der Waals surface area contributed by atoms with Crippen LogP contribution in [0.4, 0.5) is 5.69 Å². The second kappa shape index (κ2) is 8.41. The molecule has 2 heterocycles. The van der Waals surface area contributed by atoms with Crippen LogP contribution in [-0.2, 0) is 6.54 Å². The molecular formula is C24H25N2S+. The van der Waals surface area contributed by atoms with Crippen LogP contribution in [0, 0.1) is 12.3 Å². The van der Waals surface area contributed by atoms with Crippen molar-refractivity contribution in [3.63, 3.8) is 0 Å². The summed E-state index contributed by atoms with van der Waals surface area (Å²) in [5.74, 6) is 2.78. The molecule has 27 heavy (non-hydrogen) atoms. The molecule has 0 bridgehead atoms. The molecule has 1 saturated heterocycles. The number of terminal acetylenes is 1. The minimum Gasteiger partial charge on any atom is -0.372 e. The van der Waals surface area contributed by atoms with Crippen LogP contribution in [0.3, 0.4) is 0 Å². The molecule has 2 nitrogen and oxygen atoms in total. The summed E-state index contributed by atoms with van der Waals surface area (Å²) in [6.07, 6.45) is 15.3. The quantitative estimate of drug-likeness (QED) is 0.440. The summed E-state index contributed by atoms with van der Waals surface area (Å²) in [6, 6.07) is 17.4. The Morgan fingerprint density at radius 1 is 0.963 bits per heavy atom.